The highest BCUT2D eigenvalue weighted by atomic mass is 32.1. The summed E-state index contributed by atoms with van der Waals surface area (Å²) < 4.78 is 12.0. The molecule has 0 radical (unpaired) electrons. The second-order valence-electron chi connectivity index (χ2n) is 5.96. The molecule has 3 heterocycles. The van der Waals surface area contributed by atoms with E-state index in [1.807, 2.05) is 16.8 Å². The van der Waals surface area contributed by atoms with Gasteiger partial charge in [0, 0.05) is 10.9 Å². The standard InChI is InChI=1S/C19H16N2O5S/c22-14(17-6-5-15(25-17)12-7-8-27-11-12)9-20-18(23)10-21-13-3-1-2-4-16(13)26-19(21)24/h1-8,11,14,22H,9-10H2,(H,20,23). The highest BCUT2D eigenvalue weighted by Gasteiger charge is 2.16. The van der Waals surface area contributed by atoms with E-state index in [2.05, 4.69) is 5.32 Å². The van der Waals surface area contributed by atoms with Crippen LogP contribution in [0.25, 0.3) is 22.4 Å². The third-order valence-corrected chi connectivity index (χ3v) is 4.81. The van der Waals surface area contributed by atoms with E-state index in [4.69, 9.17) is 8.83 Å². The minimum atomic E-state index is -0.987. The number of hydrogen-bond acceptors (Lipinski definition) is 6. The fourth-order valence-electron chi connectivity index (χ4n) is 2.77. The molecular weight excluding hydrogens is 368 g/mol. The molecule has 0 aliphatic heterocycles. The molecule has 1 atom stereocenters. The van der Waals surface area contributed by atoms with Gasteiger partial charge >= 0.3 is 5.76 Å². The summed E-state index contributed by atoms with van der Waals surface area (Å²) in [6.07, 6.45) is -0.987. The predicted molar refractivity (Wildman–Crippen MR) is 100 cm³/mol. The molecule has 1 aromatic carbocycles. The van der Waals surface area contributed by atoms with Crippen LogP contribution in [0.4, 0.5) is 0 Å². The maximum atomic E-state index is 12.2. The Bertz CT molecular complexity index is 1120. The van der Waals surface area contributed by atoms with Crippen LogP contribution in [0.1, 0.15) is 11.9 Å². The van der Waals surface area contributed by atoms with Gasteiger partial charge in [0.15, 0.2) is 5.58 Å². The molecule has 0 saturated carbocycles. The van der Waals surface area contributed by atoms with Gasteiger partial charge in [-0.2, -0.15) is 11.3 Å². The van der Waals surface area contributed by atoms with Crippen LogP contribution in [-0.2, 0) is 11.3 Å². The zero-order valence-electron chi connectivity index (χ0n) is 14.1. The molecule has 3 aromatic heterocycles. The average Bonchev–Trinajstić information content (AvgIpc) is 3.40. The smallest absolute Gasteiger partial charge is 0.420 e. The molecule has 7 nitrogen and oxygen atoms in total. The molecule has 0 saturated heterocycles. The Kier molecular flexibility index (Phi) is 4.66. The molecule has 138 valence electrons. The van der Waals surface area contributed by atoms with Crippen LogP contribution >= 0.6 is 11.3 Å². The van der Waals surface area contributed by atoms with Crippen molar-refractivity contribution in [1.29, 1.82) is 0 Å². The van der Waals surface area contributed by atoms with Crippen molar-refractivity contribution in [2.45, 2.75) is 12.6 Å². The van der Waals surface area contributed by atoms with Crippen LogP contribution in [-0.4, -0.2) is 22.1 Å². The lowest BCUT2D eigenvalue weighted by Gasteiger charge is -2.10. The van der Waals surface area contributed by atoms with Crippen molar-refractivity contribution in [1.82, 2.24) is 9.88 Å². The second-order valence-corrected chi connectivity index (χ2v) is 6.74. The third-order valence-electron chi connectivity index (χ3n) is 4.13. The lowest BCUT2D eigenvalue weighted by Crippen LogP contribution is -2.33. The van der Waals surface area contributed by atoms with E-state index in [1.54, 1.807) is 47.7 Å². The number of carbonyl (C=O) groups is 1. The van der Waals surface area contributed by atoms with Crippen molar-refractivity contribution in [3.05, 3.63) is 69.5 Å². The van der Waals surface area contributed by atoms with Gasteiger partial charge in [0.05, 0.1) is 12.1 Å². The first kappa shape index (κ1) is 17.3. The summed E-state index contributed by atoms with van der Waals surface area (Å²) >= 11 is 1.55. The number of oxazole rings is 1. The number of amides is 1. The number of thiophene rings is 1. The predicted octanol–water partition coefficient (Wildman–Crippen LogP) is 2.77. The topological polar surface area (TPSA) is 97.6 Å². The Balaban J connectivity index is 1.39. The zero-order valence-corrected chi connectivity index (χ0v) is 14.9. The van der Waals surface area contributed by atoms with Crippen molar-refractivity contribution < 1.29 is 18.7 Å². The summed E-state index contributed by atoms with van der Waals surface area (Å²) in [4.78, 5) is 24.1. The second kappa shape index (κ2) is 7.26. The fraction of sp³-hybridized carbons (Fsp3) is 0.158. The van der Waals surface area contributed by atoms with E-state index in [9.17, 15) is 14.7 Å². The van der Waals surface area contributed by atoms with E-state index in [-0.39, 0.29) is 13.1 Å². The van der Waals surface area contributed by atoms with Gasteiger partial charge in [-0.3, -0.25) is 9.36 Å². The molecule has 4 rings (SSSR count). The maximum absolute atomic E-state index is 12.2. The molecule has 0 aliphatic carbocycles. The number of para-hydroxylation sites is 2. The van der Waals surface area contributed by atoms with Gasteiger partial charge < -0.3 is 19.3 Å². The van der Waals surface area contributed by atoms with Gasteiger partial charge in [0.1, 0.15) is 24.2 Å². The number of fused-ring (bicyclic) bond motifs is 1. The van der Waals surface area contributed by atoms with Crippen molar-refractivity contribution in [3.63, 3.8) is 0 Å². The van der Waals surface area contributed by atoms with Crippen LogP contribution in [0.2, 0.25) is 0 Å². The first-order chi connectivity index (χ1) is 13.1. The summed E-state index contributed by atoms with van der Waals surface area (Å²) in [6, 6.07) is 12.3. The maximum Gasteiger partial charge on any atom is 0.420 e. The van der Waals surface area contributed by atoms with Crippen molar-refractivity contribution in [2.24, 2.45) is 0 Å². The van der Waals surface area contributed by atoms with Gasteiger partial charge in [0.25, 0.3) is 0 Å². The molecule has 0 fully saturated rings. The first-order valence-electron chi connectivity index (χ1n) is 8.27. The highest BCUT2D eigenvalue weighted by Crippen LogP contribution is 2.26. The molecular formula is C19H16N2O5S. The molecule has 1 amide bonds. The number of benzene rings is 1. The molecule has 1 unspecified atom stereocenters. The van der Waals surface area contributed by atoms with E-state index in [0.29, 0.717) is 22.6 Å². The lowest BCUT2D eigenvalue weighted by atomic mass is 10.2. The van der Waals surface area contributed by atoms with Crippen LogP contribution in [0.3, 0.4) is 0 Å². The van der Waals surface area contributed by atoms with Crippen LogP contribution < -0.4 is 11.1 Å². The van der Waals surface area contributed by atoms with Gasteiger partial charge in [-0.25, -0.2) is 4.79 Å². The van der Waals surface area contributed by atoms with Crippen molar-refractivity contribution >= 4 is 28.3 Å². The normalized spacial score (nSPS) is 12.3. The SMILES string of the molecule is O=C(Cn1c(=O)oc2ccccc21)NCC(O)c1ccc(-c2ccsc2)o1. The Morgan fingerprint density at radius 3 is 2.85 bits per heavy atom. The minimum absolute atomic E-state index is 0.0278. The Morgan fingerprint density at radius 1 is 1.19 bits per heavy atom. The largest absolute Gasteiger partial charge is 0.458 e. The number of aliphatic hydroxyl groups is 1. The quantitative estimate of drug-likeness (QED) is 0.533. The van der Waals surface area contributed by atoms with E-state index in [0.717, 1.165) is 5.56 Å². The average molecular weight is 384 g/mol. The molecule has 4 aromatic rings. The van der Waals surface area contributed by atoms with Crippen molar-refractivity contribution in [2.75, 3.05) is 6.54 Å². The number of nitrogens with one attached hydrogen (secondary N) is 1. The summed E-state index contributed by atoms with van der Waals surface area (Å²) in [7, 11) is 0. The number of rotatable bonds is 6. The first-order valence-corrected chi connectivity index (χ1v) is 9.21. The Hall–Kier alpha value is -3.10. The van der Waals surface area contributed by atoms with E-state index >= 15 is 0 Å². The number of nitrogens with zero attached hydrogens (tertiary/aromatic N) is 1. The highest BCUT2D eigenvalue weighted by molar-refractivity contribution is 7.08. The summed E-state index contributed by atoms with van der Waals surface area (Å²) in [5.74, 6) is 0.0149. The number of hydrogen-bond donors (Lipinski definition) is 2. The van der Waals surface area contributed by atoms with Gasteiger partial charge in [-0.15, -0.1) is 0 Å². The number of furan rings is 1. The molecule has 2 N–H and O–H groups in total. The number of aliphatic hydroxyl groups excluding tert-OH is 1. The summed E-state index contributed by atoms with van der Waals surface area (Å²) in [5.41, 5.74) is 1.91. The Labute approximate surface area is 157 Å². The van der Waals surface area contributed by atoms with Gasteiger partial charge in [0.2, 0.25) is 5.91 Å². The van der Waals surface area contributed by atoms with Crippen LogP contribution in [0.15, 0.2) is 66.9 Å². The molecule has 0 bridgehead atoms. The van der Waals surface area contributed by atoms with Crippen LogP contribution in [0, 0.1) is 0 Å². The number of aromatic nitrogens is 1. The summed E-state index contributed by atoms with van der Waals surface area (Å²) in [6.45, 7) is -0.221. The van der Waals surface area contributed by atoms with Gasteiger partial charge in [-0.05, 0) is 35.7 Å². The zero-order chi connectivity index (χ0) is 18.8. The fourth-order valence-corrected chi connectivity index (χ4v) is 3.41. The van der Waals surface area contributed by atoms with Crippen molar-refractivity contribution in [3.8, 4) is 11.3 Å². The Morgan fingerprint density at radius 2 is 2.04 bits per heavy atom. The minimum Gasteiger partial charge on any atom is -0.458 e. The van der Waals surface area contributed by atoms with Crippen LogP contribution in [0.5, 0.6) is 0 Å². The summed E-state index contributed by atoms with van der Waals surface area (Å²) in [5, 5.41) is 16.7. The molecule has 8 heteroatoms. The molecule has 0 spiro atoms. The lowest BCUT2D eigenvalue weighted by molar-refractivity contribution is -0.122. The van der Waals surface area contributed by atoms with E-state index < -0.39 is 17.8 Å². The third kappa shape index (κ3) is 3.57. The molecule has 0 aliphatic rings. The van der Waals surface area contributed by atoms with Gasteiger partial charge in [-0.1, -0.05) is 12.1 Å². The number of carbonyl (C=O) groups excluding carboxylic acids is 1. The van der Waals surface area contributed by atoms with E-state index in [1.165, 1.54) is 4.57 Å². The molecule has 27 heavy (non-hydrogen) atoms. The monoisotopic (exact) mass is 384 g/mol.